The maximum absolute atomic E-state index is 14.5. The Hall–Kier alpha value is -3.63. The van der Waals surface area contributed by atoms with Gasteiger partial charge in [-0.05, 0) is 42.5 Å². The van der Waals surface area contributed by atoms with Crippen molar-refractivity contribution in [3.63, 3.8) is 0 Å². The molecule has 1 heterocycles. The zero-order valence-electron chi connectivity index (χ0n) is 15.6. The number of rotatable bonds is 4. The van der Waals surface area contributed by atoms with Crippen LogP contribution in [-0.2, 0) is 13.2 Å². The molecule has 3 rings (SSSR count). The lowest BCUT2D eigenvalue weighted by Crippen LogP contribution is -2.19. The molecule has 11 heteroatoms. The molecule has 0 aliphatic carbocycles. The first-order chi connectivity index (χ1) is 14.1. The Kier molecular flexibility index (Phi) is 5.63. The van der Waals surface area contributed by atoms with E-state index >= 15 is 0 Å². The van der Waals surface area contributed by atoms with E-state index in [9.17, 15) is 26.7 Å². The van der Waals surface area contributed by atoms with Crippen molar-refractivity contribution in [3.8, 4) is 17.0 Å². The molecule has 3 aromatic rings. The SMILES string of the molecule is COc1ccc(NC(=O)Nc2ccc(F)cc2)cc1-c1c(F)c(C(F)(F)F)nn1C. The molecule has 0 radical (unpaired) electrons. The molecule has 0 atom stereocenters. The number of alkyl halides is 3. The van der Waals surface area contributed by atoms with Gasteiger partial charge in [0, 0.05) is 24.0 Å². The first-order valence-corrected chi connectivity index (χ1v) is 8.42. The van der Waals surface area contributed by atoms with Crippen molar-refractivity contribution in [2.45, 2.75) is 6.18 Å². The molecule has 2 aromatic carbocycles. The van der Waals surface area contributed by atoms with Crippen LogP contribution >= 0.6 is 0 Å². The van der Waals surface area contributed by atoms with Crippen LogP contribution in [0.1, 0.15) is 5.69 Å². The smallest absolute Gasteiger partial charge is 0.438 e. The highest BCUT2D eigenvalue weighted by atomic mass is 19.4. The molecule has 0 fully saturated rings. The Morgan fingerprint density at radius 3 is 2.20 bits per heavy atom. The fourth-order valence-corrected chi connectivity index (χ4v) is 2.77. The number of aromatic nitrogens is 2. The number of anilines is 2. The average molecular weight is 426 g/mol. The van der Waals surface area contributed by atoms with Crippen LogP contribution in [0.25, 0.3) is 11.3 Å². The van der Waals surface area contributed by atoms with Crippen LogP contribution in [0.4, 0.5) is 38.1 Å². The summed E-state index contributed by atoms with van der Waals surface area (Å²) >= 11 is 0. The summed E-state index contributed by atoms with van der Waals surface area (Å²) in [6.07, 6.45) is -4.97. The van der Waals surface area contributed by atoms with E-state index in [4.69, 9.17) is 4.74 Å². The predicted octanol–water partition coefficient (Wildman–Crippen LogP) is 5.04. The zero-order valence-corrected chi connectivity index (χ0v) is 15.6. The second-order valence-corrected chi connectivity index (χ2v) is 6.13. The van der Waals surface area contributed by atoms with Crippen molar-refractivity contribution in [1.29, 1.82) is 0 Å². The van der Waals surface area contributed by atoms with Gasteiger partial charge in [-0.1, -0.05) is 0 Å². The van der Waals surface area contributed by atoms with Crippen molar-refractivity contribution < 1.29 is 31.5 Å². The van der Waals surface area contributed by atoms with Crippen molar-refractivity contribution in [2.75, 3.05) is 17.7 Å². The van der Waals surface area contributed by atoms with Crippen molar-refractivity contribution in [1.82, 2.24) is 9.78 Å². The third kappa shape index (κ3) is 4.34. The number of carbonyl (C=O) groups excluding carboxylic acids is 1. The Labute approximate surface area is 167 Å². The number of carbonyl (C=O) groups is 1. The molecule has 0 saturated heterocycles. The molecular weight excluding hydrogens is 411 g/mol. The van der Waals surface area contributed by atoms with Gasteiger partial charge in [0.15, 0.2) is 5.82 Å². The topological polar surface area (TPSA) is 68.2 Å². The summed E-state index contributed by atoms with van der Waals surface area (Å²) in [6.45, 7) is 0. The van der Waals surface area contributed by atoms with Gasteiger partial charge in [0.2, 0.25) is 5.69 Å². The Morgan fingerprint density at radius 1 is 1.03 bits per heavy atom. The minimum Gasteiger partial charge on any atom is -0.496 e. The number of hydrogen-bond donors (Lipinski definition) is 2. The van der Waals surface area contributed by atoms with Gasteiger partial charge in [0.1, 0.15) is 17.3 Å². The van der Waals surface area contributed by atoms with Gasteiger partial charge >= 0.3 is 12.2 Å². The van der Waals surface area contributed by atoms with Gasteiger partial charge in [-0.25, -0.2) is 13.6 Å². The standard InChI is InChI=1S/C19H15F5N4O2/c1-28-16(15(21)17(27-28)19(22,23)24)13-9-12(7-8-14(13)30-2)26-18(29)25-11-5-3-10(20)4-6-11/h3-9H,1-2H3,(H2,25,26,29). The molecule has 2 amide bonds. The maximum Gasteiger partial charge on any atom is 0.438 e. The molecule has 158 valence electrons. The third-order valence-electron chi connectivity index (χ3n) is 4.07. The lowest BCUT2D eigenvalue weighted by atomic mass is 10.1. The highest BCUT2D eigenvalue weighted by Gasteiger charge is 2.40. The lowest BCUT2D eigenvalue weighted by Gasteiger charge is -2.13. The van der Waals surface area contributed by atoms with Crippen LogP contribution in [0.3, 0.4) is 0 Å². The van der Waals surface area contributed by atoms with Crippen LogP contribution in [0.5, 0.6) is 5.75 Å². The number of ether oxygens (including phenoxy) is 1. The second-order valence-electron chi connectivity index (χ2n) is 6.13. The van der Waals surface area contributed by atoms with E-state index in [1.807, 2.05) is 0 Å². The average Bonchev–Trinajstić information content (AvgIpc) is 2.98. The minimum atomic E-state index is -4.97. The predicted molar refractivity (Wildman–Crippen MR) is 99.2 cm³/mol. The van der Waals surface area contributed by atoms with Gasteiger partial charge < -0.3 is 15.4 Å². The van der Waals surface area contributed by atoms with Crippen molar-refractivity contribution >= 4 is 17.4 Å². The Morgan fingerprint density at radius 2 is 1.63 bits per heavy atom. The van der Waals surface area contributed by atoms with E-state index in [1.54, 1.807) is 0 Å². The number of nitrogens with zero attached hydrogens (tertiary/aromatic N) is 2. The molecule has 0 spiro atoms. The van der Waals surface area contributed by atoms with Crippen LogP contribution in [-0.4, -0.2) is 22.9 Å². The number of amides is 2. The van der Waals surface area contributed by atoms with Crippen LogP contribution in [0, 0.1) is 11.6 Å². The molecule has 6 nitrogen and oxygen atoms in total. The molecule has 0 aliphatic rings. The van der Waals surface area contributed by atoms with E-state index in [0.29, 0.717) is 5.69 Å². The van der Waals surface area contributed by atoms with Gasteiger partial charge in [-0.2, -0.15) is 18.3 Å². The summed E-state index contributed by atoms with van der Waals surface area (Å²) in [7, 11) is 2.43. The van der Waals surface area contributed by atoms with E-state index in [2.05, 4.69) is 15.7 Å². The summed E-state index contributed by atoms with van der Waals surface area (Å²) in [5.74, 6) is -1.96. The number of halogens is 5. The van der Waals surface area contributed by atoms with Gasteiger partial charge in [-0.15, -0.1) is 0 Å². The molecule has 2 N–H and O–H groups in total. The summed E-state index contributed by atoms with van der Waals surface area (Å²) in [5.41, 5.74) is -1.69. The maximum atomic E-state index is 14.5. The third-order valence-corrected chi connectivity index (χ3v) is 4.07. The quantitative estimate of drug-likeness (QED) is 0.575. The van der Waals surface area contributed by atoms with Crippen LogP contribution < -0.4 is 15.4 Å². The van der Waals surface area contributed by atoms with Gasteiger partial charge in [0.25, 0.3) is 0 Å². The summed E-state index contributed by atoms with van der Waals surface area (Å²) < 4.78 is 72.3. The summed E-state index contributed by atoms with van der Waals surface area (Å²) in [6, 6.07) is 8.35. The lowest BCUT2D eigenvalue weighted by molar-refractivity contribution is -0.143. The molecule has 0 saturated carbocycles. The molecular formula is C19H15F5N4O2. The monoisotopic (exact) mass is 426 g/mol. The number of methoxy groups -OCH3 is 1. The minimum absolute atomic E-state index is 0.0416. The van der Waals surface area contributed by atoms with Crippen LogP contribution in [0.15, 0.2) is 42.5 Å². The fraction of sp³-hybridized carbons (Fsp3) is 0.158. The number of benzene rings is 2. The molecule has 0 bridgehead atoms. The fourth-order valence-electron chi connectivity index (χ4n) is 2.77. The summed E-state index contributed by atoms with van der Waals surface area (Å²) in [4.78, 5) is 12.2. The first kappa shape index (κ1) is 21.1. The van der Waals surface area contributed by atoms with Crippen LogP contribution in [0.2, 0.25) is 0 Å². The highest BCUT2D eigenvalue weighted by Crippen LogP contribution is 2.39. The Balaban J connectivity index is 1.92. The highest BCUT2D eigenvalue weighted by molar-refractivity contribution is 6.00. The molecule has 1 aromatic heterocycles. The Bertz CT molecular complexity index is 1080. The number of hydrogen-bond acceptors (Lipinski definition) is 3. The largest absolute Gasteiger partial charge is 0.496 e. The van der Waals surface area contributed by atoms with E-state index in [-0.39, 0.29) is 17.0 Å². The van der Waals surface area contributed by atoms with Gasteiger partial charge in [0.05, 0.1) is 7.11 Å². The normalized spacial score (nSPS) is 11.3. The summed E-state index contributed by atoms with van der Waals surface area (Å²) in [5, 5.41) is 8.15. The molecule has 0 unspecified atom stereocenters. The number of nitrogens with one attached hydrogen (secondary N) is 2. The van der Waals surface area contributed by atoms with E-state index < -0.39 is 35.2 Å². The number of aryl methyl sites for hydroxylation is 1. The van der Waals surface area contributed by atoms with E-state index in [1.165, 1.54) is 37.4 Å². The molecule has 30 heavy (non-hydrogen) atoms. The van der Waals surface area contributed by atoms with E-state index in [0.717, 1.165) is 23.9 Å². The van der Waals surface area contributed by atoms with Gasteiger partial charge in [-0.3, -0.25) is 4.68 Å². The van der Waals surface area contributed by atoms with Crippen molar-refractivity contribution in [2.24, 2.45) is 7.05 Å². The second kappa shape index (κ2) is 8.01. The molecule has 0 aliphatic heterocycles. The van der Waals surface area contributed by atoms with Crippen molar-refractivity contribution in [3.05, 3.63) is 59.8 Å². The zero-order chi connectivity index (χ0) is 22.1. The number of urea groups is 1. The first-order valence-electron chi connectivity index (χ1n) is 8.42.